The average Bonchev–Trinajstić information content (AvgIpc) is 2.94. The van der Waals surface area contributed by atoms with E-state index in [1.54, 1.807) is 19.9 Å². The van der Waals surface area contributed by atoms with Crippen LogP contribution in [-0.2, 0) is 6.54 Å². The number of nitrogens with two attached hydrogens (primary N) is 1. The molecular weight excluding hydrogens is 266 g/mol. The topological polar surface area (TPSA) is 129 Å². The van der Waals surface area contributed by atoms with Crippen LogP contribution in [0, 0.1) is 24.0 Å². The quantitative estimate of drug-likeness (QED) is 0.366. The molecule has 0 aromatic carbocycles. The Labute approximate surface area is 113 Å². The van der Waals surface area contributed by atoms with Gasteiger partial charge in [0.1, 0.15) is 11.4 Å². The largest absolute Gasteiger partial charge is 0.459 e. The van der Waals surface area contributed by atoms with Crippen molar-refractivity contribution >= 4 is 11.6 Å². The van der Waals surface area contributed by atoms with Crippen LogP contribution in [0.2, 0.25) is 0 Å². The summed E-state index contributed by atoms with van der Waals surface area (Å²) in [5.41, 5.74) is 3.21. The second kappa shape index (κ2) is 5.13. The maximum Gasteiger partial charge on any atom is 0.312 e. The van der Waals surface area contributed by atoms with Crippen LogP contribution in [-0.4, -0.2) is 20.6 Å². The van der Waals surface area contributed by atoms with Gasteiger partial charge in [0.2, 0.25) is 0 Å². The zero-order valence-electron chi connectivity index (χ0n) is 10.9. The number of amides is 1. The van der Waals surface area contributed by atoms with E-state index in [0.29, 0.717) is 17.0 Å². The zero-order valence-corrected chi connectivity index (χ0v) is 10.9. The summed E-state index contributed by atoms with van der Waals surface area (Å²) >= 11 is 0. The lowest BCUT2D eigenvalue weighted by molar-refractivity contribution is -0.386. The number of furan rings is 1. The van der Waals surface area contributed by atoms with Gasteiger partial charge in [-0.2, -0.15) is 5.10 Å². The number of rotatable bonds is 4. The van der Waals surface area contributed by atoms with Gasteiger partial charge >= 0.3 is 11.6 Å². The number of hydrogen-bond donors (Lipinski definition) is 2. The van der Waals surface area contributed by atoms with E-state index in [-0.39, 0.29) is 18.0 Å². The van der Waals surface area contributed by atoms with Crippen molar-refractivity contribution < 1.29 is 14.1 Å². The molecule has 1 amide bonds. The van der Waals surface area contributed by atoms with Crippen molar-refractivity contribution in [3.05, 3.63) is 45.2 Å². The number of nitrogens with zero attached hydrogens (tertiary/aromatic N) is 3. The molecule has 0 atom stereocenters. The van der Waals surface area contributed by atoms with Gasteiger partial charge in [-0.05, 0) is 19.9 Å². The highest BCUT2D eigenvalue weighted by Gasteiger charge is 2.23. The van der Waals surface area contributed by atoms with Crippen molar-refractivity contribution in [3.63, 3.8) is 0 Å². The number of carbonyl (C=O) groups excluding carboxylic acids is 1. The summed E-state index contributed by atoms with van der Waals surface area (Å²) in [6, 6.07) is 1.59. The monoisotopic (exact) mass is 279 g/mol. The van der Waals surface area contributed by atoms with Crippen molar-refractivity contribution in [2.24, 2.45) is 5.84 Å². The SMILES string of the molecule is Cc1nn(Cc2ccoc2C(=O)NN)c(C)c1[N+](=O)[O-]. The van der Waals surface area contributed by atoms with Crippen molar-refractivity contribution in [1.29, 1.82) is 0 Å². The molecule has 0 fully saturated rings. The number of nitrogens with one attached hydrogen (secondary N) is 1. The number of hydrogen-bond acceptors (Lipinski definition) is 6. The lowest BCUT2D eigenvalue weighted by atomic mass is 10.2. The minimum absolute atomic E-state index is 0.0293. The fourth-order valence-corrected chi connectivity index (χ4v) is 1.99. The van der Waals surface area contributed by atoms with Gasteiger partial charge in [-0.3, -0.25) is 25.0 Å². The molecule has 0 saturated heterocycles. The van der Waals surface area contributed by atoms with Gasteiger partial charge in [0.25, 0.3) is 0 Å². The lowest BCUT2D eigenvalue weighted by Crippen LogP contribution is -2.30. The molecule has 0 saturated carbocycles. The molecule has 106 valence electrons. The summed E-state index contributed by atoms with van der Waals surface area (Å²) in [5, 5.41) is 15.0. The Kier molecular flexibility index (Phi) is 3.53. The van der Waals surface area contributed by atoms with Crippen LogP contribution in [0.15, 0.2) is 16.7 Å². The Bertz CT molecular complexity index is 672. The molecule has 0 unspecified atom stereocenters. The summed E-state index contributed by atoms with van der Waals surface area (Å²) in [4.78, 5) is 21.9. The standard InChI is InChI=1S/C11H13N5O4/c1-6-9(16(18)19)7(2)15(14-6)5-8-3-4-20-10(8)11(17)13-12/h3-4H,5,12H2,1-2H3,(H,13,17). The van der Waals surface area contributed by atoms with E-state index in [1.807, 2.05) is 5.43 Å². The molecule has 2 aromatic rings. The van der Waals surface area contributed by atoms with Crippen LogP contribution in [0.25, 0.3) is 0 Å². The third-order valence-corrected chi connectivity index (χ3v) is 2.93. The first-order chi connectivity index (χ1) is 9.45. The zero-order chi connectivity index (χ0) is 14.9. The number of aryl methyl sites for hydroxylation is 1. The normalized spacial score (nSPS) is 10.6. The molecule has 2 aromatic heterocycles. The lowest BCUT2D eigenvalue weighted by Gasteiger charge is -2.03. The number of hydrazine groups is 1. The van der Waals surface area contributed by atoms with Gasteiger partial charge in [-0.1, -0.05) is 0 Å². The fraction of sp³-hybridized carbons (Fsp3) is 0.273. The molecule has 2 rings (SSSR count). The van der Waals surface area contributed by atoms with Crippen LogP contribution in [0.1, 0.15) is 27.5 Å². The highest BCUT2D eigenvalue weighted by atomic mass is 16.6. The summed E-state index contributed by atoms with van der Waals surface area (Å²) < 4.78 is 6.50. The molecule has 0 aliphatic rings. The predicted molar refractivity (Wildman–Crippen MR) is 67.8 cm³/mol. The van der Waals surface area contributed by atoms with E-state index in [4.69, 9.17) is 10.3 Å². The van der Waals surface area contributed by atoms with E-state index >= 15 is 0 Å². The molecule has 9 nitrogen and oxygen atoms in total. The van der Waals surface area contributed by atoms with Crippen molar-refractivity contribution in [1.82, 2.24) is 15.2 Å². The molecule has 2 heterocycles. The summed E-state index contributed by atoms with van der Waals surface area (Å²) in [6.07, 6.45) is 1.35. The third-order valence-electron chi connectivity index (χ3n) is 2.93. The van der Waals surface area contributed by atoms with Gasteiger partial charge in [0.05, 0.1) is 17.7 Å². The Balaban J connectivity index is 2.37. The maximum absolute atomic E-state index is 11.5. The summed E-state index contributed by atoms with van der Waals surface area (Å²) in [7, 11) is 0. The molecule has 9 heteroatoms. The Morgan fingerprint density at radius 3 is 2.85 bits per heavy atom. The van der Waals surface area contributed by atoms with E-state index < -0.39 is 10.8 Å². The third kappa shape index (κ3) is 2.26. The first kappa shape index (κ1) is 13.7. The number of carbonyl (C=O) groups is 1. The molecule has 0 spiro atoms. The number of nitrogen functional groups attached to an aromatic ring is 1. The number of aromatic nitrogens is 2. The van der Waals surface area contributed by atoms with Gasteiger partial charge < -0.3 is 4.42 Å². The average molecular weight is 279 g/mol. The molecule has 20 heavy (non-hydrogen) atoms. The number of nitro groups is 1. The highest BCUT2D eigenvalue weighted by molar-refractivity contribution is 5.92. The van der Waals surface area contributed by atoms with Gasteiger partial charge in [-0.25, -0.2) is 5.84 Å². The predicted octanol–water partition coefficient (Wildman–Crippen LogP) is 0.653. The Morgan fingerprint density at radius 1 is 1.60 bits per heavy atom. The second-order valence-electron chi connectivity index (χ2n) is 4.18. The smallest absolute Gasteiger partial charge is 0.312 e. The van der Waals surface area contributed by atoms with Crippen LogP contribution >= 0.6 is 0 Å². The fourth-order valence-electron chi connectivity index (χ4n) is 1.99. The minimum Gasteiger partial charge on any atom is -0.459 e. The molecular formula is C11H13N5O4. The molecule has 0 radical (unpaired) electrons. The van der Waals surface area contributed by atoms with Crippen molar-refractivity contribution in [2.45, 2.75) is 20.4 Å². The van der Waals surface area contributed by atoms with Gasteiger partial charge in [-0.15, -0.1) is 0 Å². The maximum atomic E-state index is 11.5. The van der Waals surface area contributed by atoms with E-state index in [0.717, 1.165) is 0 Å². The van der Waals surface area contributed by atoms with Crippen LogP contribution < -0.4 is 11.3 Å². The summed E-state index contributed by atoms with van der Waals surface area (Å²) in [6.45, 7) is 3.34. The first-order valence-electron chi connectivity index (χ1n) is 5.71. The van der Waals surface area contributed by atoms with Gasteiger partial charge in [0, 0.05) is 5.56 Å². The minimum atomic E-state index is -0.568. The van der Waals surface area contributed by atoms with Crippen LogP contribution in [0.3, 0.4) is 0 Å². The van der Waals surface area contributed by atoms with Crippen LogP contribution in [0.5, 0.6) is 0 Å². The first-order valence-corrected chi connectivity index (χ1v) is 5.71. The van der Waals surface area contributed by atoms with Crippen LogP contribution in [0.4, 0.5) is 5.69 Å². The molecule has 0 bridgehead atoms. The van der Waals surface area contributed by atoms with E-state index in [1.165, 1.54) is 10.9 Å². The Hall–Kier alpha value is -2.68. The summed E-state index contributed by atoms with van der Waals surface area (Å²) in [5.74, 6) is 4.54. The van der Waals surface area contributed by atoms with E-state index in [2.05, 4.69) is 5.10 Å². The molecule has 0 aliphatic heterocycles. The van der Waals surface area contributed by atoms with Gasteiger partial charge in [0.15, 0.2) is 5.76 Å². The molecule has 0 aliphatic carbocycles. The Morgan fingerprint density at radius 2 is 2.30 bits per heavy atom. The second-order valence-corrected chi connectivity index (χ2v) is 4.18. The highest BCUT2D eigenvalue weighted by Crippen LogP contribution is 2.23. The van der Waals surface area contributed by atoms with Crippen molar-refractivity contribution in [2.75, 3.05) is 0 Å². The van der Waals surface area contributed by atoms with Crippen molar-refractivity contribution in [3.8, 4) is 0 Å². The van der Waals surface area contributed by atoms with E-state index in [9.17, 15) is 14.9 Å². The molecule has 3 N–H and O–H groups in total.